The van der Waals surface area contributed by atoms with Gasteiger partial charge in [-0.1, -0.05) is 24.3 Å². The predicted octanol–water partition coefficient (Wildman–Crippen LogP) is 4.68. The fourth-order valence-electron chi connectivity index (χ4n) is 2.58. The molecule has 6 heteroatoms. The highest BCUT2D eigenvalue weighted by molar-refractivity contribution is 7.98. The molecule has 24 heavy (non-hydrogen) atoms. The minimum Gasteiger partial charge on any atom is -0.497 e. The summed E-state index contributed by atoms with van der Waals surface area (Å²) < 4.78 is 5.16. The minimum atomic E-state index is -0.180. The van der Waals surface area contributed by atoms with Gasteiger partial charge in [-0.15, -0.1) is 23.1 Å². The number of fused-ring (bicyclic) bond motifs is 3. The van der Waals surface area contributed by atoms with Crippen LogP contribution in [0.5, 0.6) is 5.75 Å². The van der Waals surface area contributed by atoms with Crippen LogP contribution in [-0.2, 0) is 5.75 Å². The van der Waals surface area contributed by atoms with E-state index < -0.39 is 0 Å². The lowest BCUT2D eigenvalue weighted by Gasteiger charge is -2.13. The van der Waals surface area contributed by atoms with Gasteiger partial charge in [0.05, 0.1) is 12.8 Å². The fourth-order valence-corrected chi connectivity index (χ4v) is 4.68. The number of anilines is 1. The Morgan fingerprint density at radius 3 is 2.96 bits per heavy atom. The average Bonchev–Trinajstić information content (AvgIpc) is 3.04. The van der Waals surface area contributed by atoms with Crippen molar-refractivity contribution in [2.45, 2.75) is 10.6 Å². The van der Waals surface area contributed by atoms with E-state index in [4.69, 9.17) is 4.74 Å². The second kappa shape index (κ2) is 6.30. The molecule has 0 atom stereocenters. The van der Waals surface area contributed by atoms with E-state index in [9.17, 15) is 4.79 Å². The molecule has 2 heterocycles. The number of methoxy groups -OCH3 is 1. The van der Waals surface area contributed by atoms with Crippen LogP contribution in [0, 0.1) is 0 Å². The van der Waals surface area contributed by atoms with Gasteiger partial charge in [-0.3, -0.25) is 10.1 Å². The summed E-state index contributed by atoms with van der Waals surface area (Å²) in [5, 5.41) is 3.53. The highest BCUT2D eigenvalue weighted by Gasteiger charge is 2.21. The van der Waals surface area contributed by atoms with E-state index in [0.29, 0.717) is 16.4 Å². The molecule has 0 saturated heterocycles. The summed E-state index contributed by atoms with van der Waals surface area (Å²) in [6.45, 7) is 0. The molecule has 0 spiro atoms. The van der Waals surface area contributed by atoms with Gasteiger partial charge in [0.1, 0.15) is 5.75 Å². The lowest BCUT2D eigenvalue weighted by Crippen LogP contribution is -2.11. The Kier molecular flexibility index (Phi) is 4.00. The van der Waals surface area contributed by atoms with E-state index >= 15 is 0 Å². The third kappa shape index (κ3) is 2.79. The van der Waals surface area contributed by atoms with E-state index in [0.717, 1.165) is 17.0 Å². The molecule has 0 unspecified atom stereocenters. The number of carbonyl (C=O) groups excluding carboxylic acids is 1. The number of benzene rings is 2. The molecule has 0 fully saturated rings. The zero-order valence-electron chi connectivity index (χ0n) is 12.9. The number of rotatable bonds is 3. The van der Waals surface area contributed by atoms with Crippen molar-refractivity contribution in [3.05, 3.63) is 59.0 Å². The molecule has 0 radical (unpaired) electrons. The van der Waals surface area contributed by atoms with Crippen LogP contribution in [0.1, 0.15) is 15.2 Å². The SMILES string of the molecule is COc1cccc(C(=O)Nc2nc3c(s2)CSc2ccccc2-3)c1. The first-order chi connectivity index (χ1) is 11.7. The highest BCUT2D eigenvalue weighted by Crippen LogP contribution is 2.44. The Bertz CT molecular complexity index is 921. The van der Waals surface area contributed by atoms with Crippen LogP contribution >= 0.6 is 23.1 Å². The van der Waals surface area contributed by atoms with E-state index in [1.165, 1.54) is 21.1 Å². The van der Waals surface area contributed by atoms with Crippen molar-refractivity contribution in [3.63, 3.8) is 0 Å². The van der Waals surface area contributed by atoms with Crippen molar-refractivity contribution in [1.82, 2.24) is 4.98 Å². The van der Waals surface area contributed by atoms with Crippen LogP contribution in [0.25, 0.3) is 11.3 Å². The topological polar surface area (TPSA) is 51.2 Å². The van der Waals surface area contributed by atoms with Crippen LogP contribution in [0.2, 0.25) is 0 Å². The third-order valence-corrected chi connectivity index (χ3v) is 6.00. The van der Waals surface area contributed by atoms with Crippen LogP contribution in [0.15, 0.2) is 53.4 Å². The second-order valence-electron chi connectivity index (χ2n) is 5.26. The minimum absolute atomic E-state index is 0.180. The Labute approximate surface area is 147 Å². The molecule has 2 aromatic carbocycles. The van der Waals surface area contributed by atoms with E-state index in [2.05, 4.69) is 22.4 Å². The van der Waals surface area contributed by atoms with Gasteiger partial charge in [-0.25, -0.2) is 4.98 Å². The quantitative estimate of drug-likeness (QED) is 0.742. The molecule has 1 N–H and O–H groups in total. The van der Waals surface area contributed by atoms with Crippen molar-refractivity contribution in [2.24, 2.45) is 0 Å². The predicted molar refractivity (Wildman–Crippen MR) is 98.1 cm³/mol. The Balaban J connectivity index is 1.61. The average molecular weight is 354 g/mol. The number of thioether (sulfide) groups is 1. The van der Waals surface area contributed by atoms with Crippen molar-refractivity contribution in [1.29, 1.82) is 0 Å². The maximum atomic E-state index is 12.4. The first-order valence-corrected chi connectivity index (χ1v) is 9.22. The summed E-state index contributed by atoms with van der Waals surface area (Å²) in [5.41, 5.74) is 2.68. The number of hydrogen-bond acceptors (Lipinski definition) is 5. The maximum Gasteiger partial charge on any atom is 0.257 e. The van der Waals surface area contributed by atoms with Gasteiger partial charge < -0.3 is 4.74 Å². The summed E-state index contributed by atoms with van der Waals surface area (Å²) in [4.78, 5) is 19.5. The summed E-state index contributed by atoms with van der Waals surface area (Å²) in [5.74, 6) is 1.37. The first-order valence-electron chi connectivity index (χ1n) is 7.42. The first kappa shape index (κ1) is 15.2. The zero-order valence-corrected chi connectivity index (χ0v) is 14.5. The lowest BCUT2D eigenvalue weighted by atomic mass is 10.1. The Morgan fingerprint density at radius 1 is 1.21 bits per heavy atom. The van der Waals surface area contributed by atoms with Crippen LogP contribution in [0.4, 0.5) is 5.13 Å². The summed E-state index contributed by atoms with van der Waals surface area (Å²) >= 11 is 3.34. The zero-order chi connectivity index (χ0) is 16.5. The van der Waals surface area contributed by atoms with Gasteiger partial charge in [0, 0.05) is 26.7 Å². The maximum absolute atomic E-state index is 12.4. The van der Waals surface area contributed by atoms with Crippen molar-refractivity contribution in [2.75, 3.05) is 12.4 Å². The molecule has 0 saturated carbocycles. The lowest BCUT2D eigenvalue weighted by molar-refractivity contribution is 0.102. The van der Waals surface area contributed by atoms with E-state index in [1.54, 1.807) is 37.1 Å². The van der Waals surface area contributed by atoms with Crippen molar-refractivity contribution < 1.29 is 9.53 Å². The summed E-state index contributed by atoms with van der Waals surface area (Å²) in [6, 6.07) is 15.3. The molecule has 1 aliphatic heterocycles. The highest BCUT2D eigenvalue weighted by atomic mass is 32.2. The van der Waals surface area contributed by atoms with Gasteiger partial charge in [0.25, 0.3) is 5.91 Å². The molecule has 1 aliphatic rings. The normalized spacial score (nSPS) is 12.2. The molecular weight excluding hydrogens is 340 g/mol. The number of amides is 1. The van der Waals surface area contributed by atoms with Crippen LogP contribution < -0.4 is 10.1 Å². The number of carbonyl (C=O) groups is 1. The van der Waals surface area contributed by atoms with Gasteiger partial charge >= 0.3 is 0 Å². The number of hydrogen-bond donors (Lipinski definition) is 1. The number of nitrogens with zero attached hydrogens (tertiary/aromatic N) is 1. The molecule has 0 aliphatic carbocycles. The number of aromatic nitrogens is 1. The molecule has 3 aromatic rings. The third-order valence-electron chi connectivity index (χ3n) is 3.75. The number of thiazole rings is 1. The van der Waals surface area contributed by atoms with Gasteiger partial charge in [0.2, 0.25) is 0 Å². The fraction of sp³-hybridized carbons (Fsp3) is 0.111. The smallest absolute Gasteiger partial charge is 0.257 e. The standard InChI is InChI=1S/C18H14N2O2S2/c1-22-12-6-4-5-11(9-12)17(21)20-18-19-16-13-7-2-3-8-14(13)23-10-15(16)24-18/h2-9H,10H2,1H3,(H,19,20,21). The molecule has 1 amide bonds. The second-order valence-corrected chi connectivity index (χ2v) is 7.36. The van der Waals surface area contributed by atoms with Gasteiger partial charge in [-0.2, -0.15) is 0 Å². The molecule has 4 rings (SSSR count). The van der Waals surface area contributed by atoms with Crippen molar-refractivity contribution in [3.8, 4) is 17.0 Å². The van der Waals surface area contributed by atoms with Crippen LogP contribution in [0.3, 0.4) is 0 Å². The van der Waals surface area contributed by atoms with Crippen molar-refractivity contribution >= 4 is 34.1 Å². The monoisotopic (exact) mass is 354 g/mol. The summed E-state index contributed by atoms with van der Waals surface area (Å²) in [7, 11) is 1.58. The largest absolute Gasteiger partial charge is 0.497 e. The molecule has 1 aromatic heterocycles. The van der Waals surface area contributed by atoms with Gasteiger partial charge in [0.15, 0.2) is 5.13 Å². The van der Waals surface area contributed by atoms with Gasteiger partial charge in [-0.05, 0) is 24.3 Å². The summed E-state index contributed by atoms with van der Waals surface area (Å²) in [6.07, 6.45) is 0. The molecule has 120 valence electrons. The Morgan fingerprint density at radius 2 is 2.08 bits per heavy atom. The van der Waals surface area contributed by atoms with E-state index in [1.807, 2.05) is 18.2 Å². The van der Waals surface area contributed by atoms with Crippen LogP contribution in [-0.4, -0.2) is 18.0 Å². The molecule has 0 bridgehead atoms. The molecular formula is C18H14N2O2S2. The van der Waals surface area contributed by atoms with E-state index in [-0.39, 0.29) is 5.91 Å². The molecule has 4 nitrogen and oxygen atoms in total. The Hall–Kier alpha value is -2.31. The number of ether oxygens (including phenoxy) is 1. The number of nitrogens with one attached hydrogen (secondary N) is 1.